The molecule has 0 spiro atoms. The van der Waals surface area contributed by atoms with E-state index in [-0.39, 0.29) is 12.2 Å². The van der Waals surface area contributed by atoms with Crippen LogP contribution in [0.4, 0.5) is 11.4 Å². The summed E-state index contributed by atoms with van der Waals surface area (Å²) in [5.41, 5.74) is 1.25. The standard InChI is InChI=1S/C19H21ClN2O5/c1-12(18(24)22-13-7-8-17(26-2)15(20)11-13)27-19(25)14-5-3-4-6-16(14)21-9-10-23/h3-8,11-12,21,23H,9-10H2,1-2H3,(H,22,24)/t12-/m1/s1. The van der Waals surface area contributed by atoms with Crippen LogP contribution in [-0.2, 0) is 9.53 Å². The molecule has 1 amide bonds. The van der Waals surface area contributed by atoms with E-state index in [1.54, 1.807) is 42.5 Å². The molecule has 0 aliphatic carbocycles. The third-order valence-electron chi connectivity index (χ3n) is 3.65. The number of amides is 1. The highest BCUT2D eigenvalue weighted by Crippen LogP contribution is 2.27. The number of hydrogen-bond donors (Lipinski definition) is 3. The number of anilines is 2. The number of nitrogens with one attached hydrogen (secondary N) is 2. The van der Waals surface area contributed by atoms with Gasteiger partial charge in [0.15, 0.2) is 6.10 Å². The van der Waals surface area contributed by atoms with Crippen molar-refractivity contribution in [3.8, 4) is 5.75 Å². The lowest BCUT2D eigenvalue weighted by Crippen LogP contribution is -2.30. The maximum Gasteiger partial charge on any atom is 0.341 e. The monoisotopic (exact) mass is 392 g/mol. The number of halogens is 1. The Hall–Kier alpha value is -2.77. The number of para-hydroxylation sites is 1. The van der Waals surface area contributed by atoms with Gasteiger partial charge in [-0.15, -0.1) is 0 Å². The van der Waals surface area contributed by atoms with E-state index in [9.17, 15) is 9.59 Å². The Morgan fingerprint density at radius 1 is 1.22 bits per heavy atom. The van der Waals surface area contributed by atoms with E-state index < -0.39 is 18.0 Å². The Bertz CT molecular complexity index is 812. The summed E-state index contributed by atoms with van der Waals surface area (Å²) < 4.78 is 10.3. The van der Waals surface area contributed by atoms with Gasteiger partial charge in [-0.3, -0.25) is 4.79 Å². The van der Waals surface area contributed by atoms with Crippen LogP contribution in [0, 0.1) is 0 Å². The van der Waals surface area contributed by atoms with Crippen molar-refractivity contribution in [1.29, 1.82) is 0 Å². The minimum absolute atomic E-state index is 0.0768. The van der Waals surface area contributed by atoms with Gasteiger partial charge in [-0.25, -0.2) is 4.79 Å². The summed E-state index contributed by atoms with van der Waals surface area (Å²) in [4.78, 5) is 24.7. The molecule has 0 aliphatic rings. The normalized spacial score (nSPS) is 11.4. The van der Waals surface area contributed by atoms with E-state index in [0.717, 1.165) is 0 Å². The molecular weight excluding hydrogens is 372 g/mol. The zero-order chi connectivity index (χ0) is 19.8. The zero-order valence-electron chi connectivity index (χ0n) is 15.0. The van der Waals surface area contributed by atoms with Crippen LogP contribution in [0.15, 0.2) is 42.5 Å². The van der Waals surface area contributed by atoms with Gasteiger partial charge in [0.2, 0.25) is 0 Å². The summed E-state index contributed by atoms with van der Waals surface area (Å²) in [6.07, 6.45) is -1.02. The maximum absolute atomic E-state index is 12.4. The molecule has 0 fully saturated rings. The van der Waals surface area contributed by atoms with Crippen molar-refractivity contribution < 1.29 is 24.2 Å². The molecule has 0 aromatic heterocycles. The van der Waals surface area contributed by atoms with Gasteiger partial charge in [0, 0.05) is 17.9 Å². The second-order valence-electron chi connectivity index (χ2n) is 5.58. The fourth-order valence-electron chi connectivity index (χ4n) is 2.27. The fourth-order valence-corrected chi connectivity index (χ4v) is 2.53. The topological polar surface area (TPSA) is 96.9 Å². The van der Waals surface area contributed by atoms with Gasteiger partial charge in [0.05, 0.1) is 24.3 Å². The largest absolute Gasteiger partial charge is 0.495 e. The molecule has 2 rings (SSSR count). The molecule has 2 aromatic rings. The van der Waals surface area contributed by atoms with Crippen LogP contribution in [0.1, 0.15) is 17.3 Å². The van der Waals surface area contributed by atoms with Gasteiger partial charge in [-0.05, 0) is 37.3 Å². The zero-order valence-corrected chi connectivity index (χ0v) is 15.7. The molecule has 0 saturated heterocycles. The third-order valence-corrected chi connectivity index (χ3v) is 3.94. The quantitative estimate of drug-likeness (QED) is 0.598. The van der Waals surface area contributed by atoms with Crippen LogP contribution in [-0.4, -0.2) is 43.3 Å². The maximum atomic E-state index is 12.4. The van der Waals surface area contributed by atoms with Gasteiger partial charge in [-0.1, -0.05) is 23.7 Å². The number of hydrogen-bond acceptors (Lipinski definition) is 6. The predicted octanol–water partition coefficient (Wildman–Crippen LogP) is 2.94. The summed E-state index contributed by atoms with van der Waals surface area (Å²) in [6, 6.07) is 11.5. The van der Waals surface area contributed by atoms with Crippen molar-refractivity contribution in [2.75, 3.05) is 30.9 Å². The van der Waals surface area contributed by atoms with Crippen LogP contribution in [0.5, 0.6) is 5.75 Å². The van der Waals surface area contributed by atoms with E-state index in [2.05, 4.69) is 10.6 Å². The molecule has 27 heavy (non-hydrogen) atoms. The molecule has 144 valence electrons. The Morgan fingerprint density at radius 2 is 1.96 bits per heavy atom. The Balaban J connectivity index is 2.02. The number of benzene rings is 2. The summed E-state index contributed by atoms with van der Waals surface area (Å²) in [5.74, 6) is -0.655. The first-order chi connectivity index (χ1) is 13.0. The highest BCUT2D eigenvalue weighted by atomic mass is 35.5. The van der Waals surface area contributed by atoms with Crippen molar-refractivity contribution in [2.24, 2.45) is 0 Å². The molecule has 8 heteroatoms. The van der Waals surface area contributed by atoms with Gasteiger partial charge >= 0.3 is 5.97 Å². The predicted molar refractivity (Wildman–Crippen MR) is 104 cm³/mol. The first-order valence-corrected chi connectivity index (χ1v) is 8.63. The van der Waals surface area contributed by atoms with Crippen molar-refractivity contribution >= 4 is 34.9 Å². The lowest BCUT2D eigenvalue weighted by atomic mass is 10.1. The molecule has 0 radical (unpaired) electrons. The molecule has 0 aliphatic heterocycles. The van der Waals surface area contributed by atoms with Crippen LogP contribution < -0.4 is 15.4 Å². The highest BCUT2D eigenvalue weighted by Gasteiger charge is 2.21. The van der Waals surface area contributed by atoms with Crippen LogP contribution in [0.25, 0.3) is 0 Å². The van der Waals surface area contributed by atoms with Crippen molar-refractivity contribution in [3.63, 3.8) is 0 Å². The van der Waals surface area contributed by atoms with E-state index in [1.165, 1.54) is 14.0 Å². The number of rotatable bonds is 8. The molecule has 7 nitrogen and oxygen atoms in total. The van der Waals surface area contributed by atoms with Crippen LogP contribution in [0.2, 0.25) is 5.02 Å². The van der Waals surface area contributed by atoms with Crippen LogP contribution >= 0.6 is 11.6 Å². The van der Waals surface area contributed by atoms with Crippen molar-refractivity contribution in [1.82, 2.24) is 0 Å². The van der Waals surface area contributed by atoms with E-state index in [1.807, 2.05) is 0 Å². The number of carbonyl (C=O) groups excluding carboxylic acids is 2. The van der Waals surface area contributed by atoms with E-state index >= 15 is 0 Å². The fraction of sp³-hybridized carbons (Fsp3) is 0.263. The number of methoxy groups -OCH3 is 1. The lowest BCUT2D eigenvalue weighted by Gasteiger charge is -2.16. The molecular formula is C19H21ClN2O5. The Morgan fingerprint density at radius 3 is 2.63 bits per heavy atom. The number of aliphatic hydroxyl groups is 1. The summed E-state index contributed by atoms with van der Waals surface area (Å²) in [7, 11) is 1.49. The van der Waals surface area contributed by atoms with Gasteiger partial charge < -0.3 is 25.2 Å². The summed E-state index contributed by atoms with van der Waals surface area (Å²) >= 11 is 6.03. The number of esters is 1. The number of ether oxygens (including phenoxy) is 2. The molecule has 0 saturated carbocycles. The first-order valence-electron chi connectivity index (χ1n) is 8.25. The second kappa shape index (κ2) is 9.80. The SMILES string of the molecule is COc1ccc(NC(=O)[C@@H](C)OC(=O)c2ccccc2NCCO)cc1Cl. The molecule has 2 aromatic carbocycles. The third kappa shape index (κ3) is 5.60. The van der Waals surface area contributed by atoms with Crippen molar-refractivity contribution in [3.05, 3.63) is 53.1 Å². The van der Waals surface area contributed by atoms with Crippen LogP contribution in [0.3, 0.4) is 0 Å². The van der Waals surface area contributed by atoms with Crippen molar-refractivity contribution in [2.45, 2.75) is 13.0 Å². The summed E-state index contributed by atoms with van der Waals surface area (Å²) in [6.45, 7) is 1.69. The molecule has 1 atom stereocenters. The van der Waals surface area contributed by atoms with Gasteiger partial charge in [0.1, 0.15) is 5.75 Å². The van der Waals surface area contributed by atoms with Gasteiger partial charge in [0.25, 0.3) is 5.91 Å². The average molecular weight is 393 g/mol. The Kier molecular flexibility index (Phi) is 7.45. The average Bonchev–Trinajstić information content (AvgIpc) is 2.66. The minimum atomic E-state index is -1.02. The Labute approximate surface area is 162 Å². The molecule has 3 N–H and O–H groups in total. The summed E-state index contributed by atoms with van der Waals surface area (Å²) in [5, 5.41) is 14.8. The minimum Gasteiger partial charge on any atom is -0.495 e. The van der Waals surface area contributed by atoms with E-state index in [4.69, 9.17) is 26.2 Å². The number of carbonyl (C=O) groups is 2. The first kappa shape index (κ1) is 20.5. The highest BCUT2D eigenvalue weighted by molar-refractivity contribution is 6.32. The van der Waals surface area contributed by atoms with E-state index in [0.29, 0.717) is 28.7 Å². The van der Waals surface area contributed by atoms with Gasteiger partial charge in [-0.2, -0.15) is 0 Å². The lowest BCUT2D eigenvalue weighted by molar-refractivity contribution is -0.123. The molecule has 0 unspecified atom stereocenters. The number of aliphatic hydroxyl groups excluding tert-OH is 1. The molecule has 0 bridgehead atoms. The second-order valence-corrected chi connectivity index (χ2v) is 5.99. The smallest absolute Gasteiger partial charge is 0.341 e. The molecule has 0 heterocycles.